The number of nitrogens with one attached hydrogen (secondary N) is 1. The fourth-order valence-corrected chi connectivity index (χ4v) is 3.11. The van der Waals surface area contributed by atoms with Crippen molar-refractivity contribution in [3.63, 3.8) is 0 Å². The summed E-state index contributed by atoms with van der Waals surface area (Å²) in [5.74, 6) is 2.76. The average Bonchev–Trinajstić information content (AvgIpc) is 2.70. The van der Waals surface area contributed by atoms with Gasteiger partial charge in [-0.05, 0) is 43.6 Å². The van der Waals surface area contributed by atoms with Gasteiger partial charge in [0.1, 0.15) is 0 Å². The van der Waals surface area contributed by atoms with Gasteiger partial charge in [-0.3, -0.25) is 0 Å². The van der Waals surface area contributed by atoms with Gasteiger partial charge in [-0.1, -0.05) is 47.0 Å². The molecule has 1 N–H and O–H groups in total. The zero-order chi connectivity index (χ0) is 12.0. The van der Waals surface area contributed by atoms with E-state index in [2.05, 4.69) is 33.0 Å². The third kappa shape index (κ3) is 4.08. The van der Waals surface area contributed by atoms with Crippen LogP contribution in [0.2, 0.25) is 0 Å². The van der Waals surface area contributed by atoms with E-state index in [0.29, 0.717) is 0 Å². The lowest BCUT2D eigenvalue weighted by atomic mass is 9.84. The van der Waals surface area contributed by atoms with Gasteiger partial charge in [-0.15, -0.1) is 0 Å². The summed E-state index contributed by atoms with van der Waals surface area (Å²) in [4.78, 5) is 0. The van der Waals surface area contributed by atoms with Gasteiger partial charge < -0.3 is 5.32 Å². The maximum atomic E-state index is 3.81. The highest BCUT2D eigenvalue weighted by molar-refractivity contribution is 4.85. The first-order chi connectivity index (χ1) is 7.69. The monoisotopic (exact) mass is 225 g/mol. The third-order valence-corrected chi connectivity index (χ3v) is 4.45. The molecule has 96 valence electrons. The van der Waals surface area contributed by atoms with E-state index < -0.39 is 0 Å². The van der Waals surface area contributed by atoms with Gasteiger partial charge in [-0.2, -0.15) is 0 Å². The molecule has 1 aliphatic carbocycles. The van der Waals surface area contributed by atoms with E-state index in [0.717, 1.165) is 23.8 Å². The lowest BCUT2D eigenvalue weighted by Gasteiger charge is -2.30. The van der Waals surface area contributed by atoms with Crippen molar-refractivity contribution in [2.45, 2.75) is 72.3 Å². The van der Waals surface area contributed by atoms with E-state index >= 15 is 0 Å². The van der Waals surface area contributed by atoms with Crippen LogP contribution in [0.15, 0.2) is 0 Å². The highest BCUT2D eigenvalue weighted by Crippen LogP contribution is 2.35. The quantitative estimate of drug-likeness (QED) is 0.684. The predicted octanol–water partition coefficient (Wildman–Crippen LogP) is 4.23. The van der Waals surface area contributed by atoms with Crippen LogP contribution >= 0.6 is 0 Å². The van der Waals surface area contributed by atoms with Gasteiger partial charge >= 0.3 is 0 Å². The van der Waals surface area contributed by atoms with Crippen LogP contribution in [0.5, 0.6) is 0 Å². The second kappa shape index (κ2) is 7.32. The standard InChI is InChI=1S/C15H31N/c1-5-10-16-15(11-12(3)6-2)14-9-7-8-13(14)4/h12-16H,5-11H2,1-4H3. The van der Waals surface area contributed by atoms with Crippen LogP contribution in [0.4, 0.5) is 0 Å². The third-order valence-electron chi connectivity index (χ3n) is 4.45. The molecule has 1 saturated carbocycles. The Hall–Kier alpha value is -0.0400. The lowest BCUT2D eigenvalue weighted by molar-refractivity contribution is 0.255. The van der Waals surface area contributed by atoms with Crippen molar-refractivity contribution in [3.8, 4) is 0 Å². The maximum Gasteiger partial charge on any atom is 0.0100 e. The molecule has 0 bridgehead atoms. The molecule has 0 aliphatic heterocycles. The largest absolute Gasteiger partial charge is 0.314 e. The van der Waals surface area contributed by atoms with E-state index in [1.165, 1.54) is 45.1 Å². The molecule has 1 fully saturated rings. The van der Waals surface area contributed by atoms with E-state index in [4.69, 9.17) is 0 Å². The Morgan fingerprint density at radius 2 is 2.00 bits per heavy atom. The molecule has 16 heavy (non-hydrogen) atoms. The van der Waals surface area contributed by atoms with Crippen molar-refractivity contribution in [1.82, 2.24) is 5.32 Å². The lowest BCUT2D eigenvalue weighted by Crippen LogP contribution is -2.39. The SMILES string of the molecule is CCCNC(CC(C)CC)C1CCCC1C. The van der Waals surface area contributed by atoms with E-state index in [9.17, 15) is 0 Å². The van der Waals surface area contributed by atoms with Crippen LogP contribution < -0.4 is 5.32 Å². The minimum absolute atomic E-state index is 0.785. The molecule has 1 heteroatoms. The summed E-state index contributed by atoms with van der Waals surface area (Å²) in [6.07, 6.45) is 8.33. The Balaban J connectivity index is 2.48. The minimum atomic E-state index is 0.785. The van der Waals surface area contributed by atoms with Crippen LogP contribution in [0.25, 0.3) is 0 Å². The summed E-state index contributed by atoms with van der Waals surface area (Å²) >= 11 is 0. The zero-order valence-corrected chi connectivity index (χ0v) is 11.8. The van der Waals surface area contributed by atoms with Crippen molar-refractivity contribution >= 4 is 0 Å². The molecule has 0 heterocycles. The van der Waals surface area contributed by atoms with E-state index in [1.807, 2.05) is 0 Å². The van der Waals surface area contributed by atoms with Crippen LogP contribution in [-0.2, 0) is 0 Å². The normalized spacial score (nSPS) is 29.2. The molecule has 0 aromatic heterocycles. The Bertz CT molecular complexity index is 178. The van der Waals surface area contributed by atoms with Gasteiger partial charge in [-0.25, -0.2) is 0 Å². The van der Waals surface area contributed by atoms with Crippen molar-refractivity contribution in [1.29, 1.82) is 0 Å². The molecule has 0 saturated heterocycles. The van der Waals surface area contributed by atoms with E-state index in [-0.39, 0.29) is 0 Å². The smallest absolute Gasteiger partial charge is 0.0100 e. The molecule has 0 aromatic rings. The van der Waals surface area contributed by atoms with Gasteiger partial charge in [0.2, 0.25) is 0 Å². The molecule has 1 rings (SSSR count). The van der Waals surface area contributed by atoms with E-state index in [1.54, 1.807) is 0 Å². The van der Waals surface area contributed by atoms with Gasteiger partial charge in [0, 0.05) is 6.04 Å². The summed E-state index contributed by atoms with van der Waals surface area (Å²) in [6.45, 7) is 10.6. The molecule has 0 amide bonds. The topological polar surface area (TPSA) is 12.0 Å². The van der Waals surface area contributed by atoms with Gasteiger partial charge in [0.15, 0.2) is 0 Å². The van der Waals surface area contributed by atoms with Gasteiger partial charge in [0.05, 0.1) is 0 Å². The molecule has 1 nitrogen and oxygen atoms in total. The second-order valence-electron chi connectivity index (χ2n) is 5.88. The molecule has 0 radical (unpaired) electrons. The summed E-state index contributed by atoms with van der Waals surface area (Å²) in [7, 11) is 0. The highest BCUT2D eigenvalue weighted by atomic mass is 14.9. The zero-order valence-electron chi connectivity index (χ0n) is 11.8. The first kappa shape index (κ1) is 14.0. The molecular formula is C15H31N. The number of rotatable bonds is 7. The van der Waals surface area contributed by atoms with Crippen molar-refractivity contribution < 1.29 is 0 Å². The Morgan fingerprint density at radius 3 is 2.50 bits per heavy atom. The van der Waals surface area contributed by atoms with Crippen LogP contribution in [0, 0.1) is 17.8 Å². The summed E-state index contributed by atoms with van der Waals surface area (Å²) < 4.78 is 0. The van der Waals surface area contributed by atoms with Crippen molar-refractivity contribution in [3.05, 3.63) is 0 Å². The fourth-order valence-electron chi connectivity index (χ4n) is 3.11. The number of hydrogen-bond acceptors (Lipinski definition) is 1. The number of hydrogen-bond donors (Lipinski definition) is 1. The first-order valence-corrected chi connectivity index (χ1v) is 7.42. The summed E-state index contributed by atoms with van der Waals surface area (Å²) in [5, 5.41) is 3.81. The molecule has 4 unspecified atom stereocenters. The Labute approximate surface area is 102 Å². The average molecular weight is 225 g/mol. The molecule has 4 atom stereocenters. The molecular weight excluding hydrogens is 194 g/mol. The maximum absolute atomic E-state index is 3.81. The minimum Gasteiger partial charge on any atom is -0.314 e. The van der Waals surface area contributed by atoms with Crippen LogP contribution in [-0.4, -0.2) is 12.6 Å². The molecule has 0 spiro atoms. The predicted molar refractivity (Wildman–Crippen MR) is 72.7 cm³/mol. The second-order valence-corrected chi connectivity index (χ2v) is 5.88. The summed E-state index contributed by atoms with van der Waals surface area (Å²) in [6, 6.07) is 0.785. The molecule has 1 aliphatic rings. The molecule has 0 aromatic carbocycles. The Morgan fingerprint density at radius 1 is 1.25 bits per heavy atom. The van der Waals surface area contributed by atoms with Crippen LogP contribution in [0.1, 0.15) is 66.2 Å². The Kier molecular flexibility index (Phi) is 6.41. The highest BCUT2D eigenvalue weighted by Gasteiger charge is 2.30. The first-order valence-electron chi connectivity index (χ1n) is 7.42. The van der Waals surface area contributed by atoms with Gasteiger partial charge in [0.25, 0.3) is 0 Å². The summed E-state index contributed by atoms with van der Waals surface area (Å²) in [5.41, 5.74) is 0. The fraction of sp³-hybridized carbons (Fsp3) is 1.00. The van der Waals surface area contributed by atoms with Crippen molar-refractivity contribution in [2.75, 3.05) is 6.54 Å². The van der Waals surface area contributed by atoms with Crippen molar-refractivity contribution in [2.24, 2.45) is 17.8 Å². The van der Waals surface area contributed by atoms with Crippen LogP contribution in [0.3, 0.4) is 0 Å².